The van der Waals surface area contributed by atoms with Crippen LogP contribution < -0.4 is 0 Å². The number of carbonyl (C=O) groups is 1. The Bertz CT molecular complexity index is 446. The highest BCUT2D eigenvalue weighted by Gasteiger charge is 2.21. The van der Waals surface area contributed by atoms with Crippen LogP contribution in [0.3, 0.4) is 0 Å². The lowest BCUT2D eigenvalue weighted by molar-refractivity contribution is 0.0931. The van der Waals surface area contributed by atoms with Crippen molar-refractivity contribution < 1.29 is 4.79 Å². The van der Waals surface area contributed by atoms with Gasteiger partial charge in [-0.05, 0) is 57.7 Å². The van der Waals surface area contributed by atoms with Gasteiger partial charge in [0.15, 0.2) is 5.78 Å². The van der Waals surface area contributed by atoms with Gasteiger partial charge >= 0.3 is 0 Å². The van der Waals surface area contributed by atoms with Crippen molar-refractivity contribution in [3.05, 3.63) is 34.9 Å². The van der Waals surface area contributed by atoms with Crippen molar-refractivity contribution in [2.24, 2.45) is 0 Å². The molecule has 0 spiro atoms. The van der Waals surface area contributed by atoms with Crippen molar-refractivity contribution in [2.75, 3.05) is 33.7 Å². The Labute approximate surface area is 126 Å². The van der Waals surface area contributed by atoms with E-state index in [1.807, 2.05) is 0 Å². The lowest BCUT2D eigenvalue weighted by Gasteiger charge is -2.35. The number of Topliss-reactive ketones (excluding diaryl/α,β-unsaturated/α-hetero) is 1. The lowest BCUT2D eigenvalue weighted by Crippen LogP contribution is -2.45. The summed E-state index contributed by atoms with van der Waals surface area (Å²) in [5, 5.41) is 0.670. The monoisotopic (exact) mass is 294 g/mol. The third kappa shape index (κ3) is 4.30. The number of likely N-dealkylation sites (tertiary alicyclic amines) is 1. The number of benzene rings is 1. The van der Waals surface area contributed by atoms with E-state index in [4.69, 9.17) is 11.6 Å². The zero-order chi connectivity index (χ0) is 14.5. The van der Waals surface area contributed by atoms with Crippen LogP contribution in [0.4, 0.5) is 0 Å². The summed E-state index contributed by atoms with van der Waals surface area (Å²) in [6, 6.07) is 7.73. The Kier molecular flexibility index (Phi) is 5.58. The first-order valence-corrected chi connectivity index (χ1v) is 7.61. The van der Waals surface area contributed by atoms with Gasteiger partial charge in [-0.2, -0.15) is 0 Å². The van der Waals surface area contributed by atoms with E-state index in [2.05, 4.69) is 23.9 Å². The average Bonchev–Trinajstić information content (AvgIpc) is 2.45. The molecule has 20 heavy (non-hydrogen) atoms. The van der Waals surface area contributed by atoms with Crippen LogP contribution in [0.5, 0.6) is 0 Å². The van der Waals surface area contributed by atoms with Gasteiger partial charge in [0.1, 0.15) is 0 Å². The SMILES string of the molecule is CN1CCCC(N(C)CCC(=O)c2ccc(Cl)cc2)C1. The fourth-order valence-electron chi connectivity index (χ4n) is 2.74. The van der Waals surface area contributed by atoms with Gasteiger partial charge in [-0.15, -0.1) is 0 Å². The Balaban J connectivity index is 1.82. The van der Waals surface area contributed by atoms with Gasteiger partial charge in [-0.3, -0.25) is 4.79 Å². The van der Waals surface area contributed by atoms with Crippen molar-refractivity contribution in [3.63, 3.8) is 0 Å². The number of piperidine rings is 1. The summed E-state index contributed by atoms with van der Waals surface area (Å²) < 4.78 is 0. The van der Waals surface area contributed by atoms with Crippen molar-refractivity contribution >= 4 is 17.4 Å². The first-order valence-electron chi connectivity index (χ1n) is 7.24. The van der Waals surface area contributed by atoms with E-state index >= 15 is 0 Å². The molecule has 1 heterocycles. The molecular formula is C16H23ClN2O. The van der Waals surface area contributed by atoms with Crippen LogP contribution in [0, 0.1) is 0 Å². The fraction of sp³-hybridized carbons (Fsp3) is 0.562. The first kappa shape index (κ1) is 15.5. The summed E-state index contributed by atoms with van der Waals surface area (Å²) >= 11 is 5.83. The van der Waals surface area contributed by atoms with Crippen LogP contribution in [0.25, 0.3) is 0 Å². The second-order valence-corrected chi connectivity index (χ2v) is 6.16. The molecule has 1 unspecified atom stereocenters. The first-order chi connectivity index (χ1) is 9.56. The fourth-order valence-corrected chi connectivity index (χ4v) is 2.87. The highest BCUT2D eigenvalue weighted by Crippen LogP contribution is 2.15. The molecule has 0 N–H and O–H groups in total. The predicted molar refractivity (Wildman–Crippen MR) is 83.5 cm³/mol. The molecule has 0 aliphatic carbocycles. The lowest BCUT2D eigenvalue weighted by atomic mass is 10.0. The molecule has 3 nitrogen and oxygen atoms in total. The number of nitrogens with zero attached hydrogens (tertiary/aromatic N) is 2. The summed E-state index contributed by atoms with van der Waals surface area (Å²) in [4.78, 5) is 16.8. The van der Waals surface area contributed by atoms with Crippen LogP contribution in [-0.4, -0.2) is 55.4 Å². The molecule has 110 valence electrons. The molecule has 0 amide bonds. The highest BCUT2D eigenvalue weighted by molar-refractivity contribution is 6.30. The molecule has 1 fully saturated rings. The van der Waals surface area contributed by atoms with Crippen molar-refractivity contribution in [1.29, 1.82) is 0 Å². The van der Waals surface area contributed by atoms with E-state index in [9.17, 15) is 4.79 Å². The van der Waals surface area contributed by atoms with E-state index in [-0.39, 0.29) is 5.78 Å². The third-order valence-corrected chi connectivity index (χ3v) is 4.33. The van der Waals surface area contributed by atoms with E-state index in [1.54, 1.807) is 24.3 Å². The average molecular weight is 295 g/mol. The van der Waals surface area contributed by atoms with Gasteiger partial charge in [0.05, 0.1) is 0 Å². The van der Waals surface area contributed by atoms with E-state index in [1.165, 1.54) is 19.4 Å². The molecule has 1 aliphatic heterocycles. The highest BCUT2D eigenvalue weighted by atomic mass is 35.5. The number of hydrogen-bond donors (Lipinski definition) is 0. The summed E-state index contributed by atoms with van der Waals surface area (Å²) in [5.74, 6) is 0.192. The molecule has 1 aliphatic rings. The molecule has 1 aromatic rings. The quantitative estimate of drug-likeness (QED) is 0.780. The van der Waals surface area contributed by atoms with Crippen LogP contribution >= 0.6 is 11.6 Å². The topological polar surface area (TPSA) is 23.6 Å². The minimum absolute atomic E-state index is 0.192. The molecule has 1 atom stereocenters. The van der Waals surface area contributed by atoms with Gasteiger partial charge in [0.2, 0.25) is 0 Å². The van der Waals surface area contributed by atoms with Crippen LogP contribution in [0.15, 0.2) is 24.3 Å². The Morgan fingerprint density at radius 3 is 2.75 bits per heavy atom. The molecule has 0 radical (unpaired) electrons. The molecular weight excluding hydrogens is 272 g/mol. The maximum absolute atomic E-state index is 12.1. The second kappa shape index (κ2) is 7.21. The molecule has 0 bridgehead atoms. The Morgan fingerprint density at radius 2 is 2.10 bits per heavy atom. The summed E-state index contributed by atoms with van der Waals surface area (Å²) in [5.41, 5.74) is 0.753. The number of halogens is 1. The summed E-state index contributed by atoms with van der Waals surface area (Å²) in [6.45, 7) is 3.11. The van der Waals surface area contributed by atoms with Crippen molar-refractivity contribution in [2.45, 2.75) is 25.3 Å². The number of rotatable bonds is 5. The standard InChI is InChI=1S/C16H23ClN2O/c1-18-10-3-4-15(12-18)19(2)11-9-16(20)13-5-7-14(17)8-6-13/h5-8,15H,3-4,9-12H2,1-2H3. The van der Waals surface area contributed by atoms with Gasteiger partial charge in [0.25, 0.3) is 0 Å². The Morgan fingerprint density at radius 1 is 1.40 bits per heavy atom. The van der Waals surface area contributed by atoms with Crippen molar-refractivity contribution in [1.82, 2.24) is 9.80 Å². The van der Waals surface area contributed by atoms with Crippen molar-refractivity contribution in [3.8, 4) is 0 Å². The van der Waals surface area contributed by atoms with Gasteiger partial charge < -0.3 is 9.80 Å². The van der Waals surface area contributed by atoms with Crippen LogP contribution in [-0.2, 0) is 0 Å². The van der Waals surface area contributed by atoms with E-state index < -0.39 is 0 Å². The molecule has 2 rings (SSSR count). The molecule has 0 aromatic heterocycles. The van der Waals surface area contributed by atoms with Gasteiger partial charge in [-0.25, -0.2) is 0 Å². The zero-order valence-electron chi connectivity index (χ0n) is 12.3. The third-order valence-electron chi connectivity index (χ3n) is 4.08. The largest absolute Gasteiger partial charge is 0.305 e. The smallest absolute Gasteiger partial charge is 0.164 e. The number of likely N-dealkylation sites (N-methyl/N-ethyl adjacent to an activating group) is 2. The number of carbonyl (C=O) groups excluding carboxylic acids is 1. The normalized spacial score (nSPS) is 20.3. The minimum atomic E-state index is 0.192. The zero-order valence-corrected chi connectivity index (χ0v) is 13.1. The van der Waals surface area contributed by atoms with Crippen LogP contribution in [0.2, 0.25) is 5.02 Å². The van der Waals surface area contributed by atoms with Crippen LogP contribution in [0.1, 0.15) is 29.6 Å². The maximum Gasteiger partial charge on any atom is 0.164 e. The maximum atomic E-state index is 12.1. The summed E-state index contributed by atoms with van der Waals surface area (Å²) in [7, 11) is 4.29. The molecule has 0 saturated carbocycles. The van der Waals surface area contributed by atoms with Gasteiger partial charge in [-0.1, -0.05) is 11.6 Å². The molecule has 1 aromatic carbocycles. The second-order valence-electron chi connectivity index (χ2n) is 5.72. The number of ketones is 1. The van der Waals surface area contributed by atoms with E-state index in [0.29, 0.717) is 17.5 Å². The minimum Gasteiger partial charge on any atom is -0.305 e. The number of hydrogen-bond acceptors (Lipinski definition) is 3. The Hall–Kier alpha value is -0.900. The van der Waals surface area contributed by atoms with Gasteiger partial charge in [0, 0.05) is 36.1 Å². The van der Waals surface area contributed by atoms with E-state index in [0.717, 1.165) is 18.7 Å². The summed E-state index contributed by atoms with van der Waals surface area (Å²) in [6.07, 6.45) is 3.05. The molecule has 4 heteroatoms. The molecule has 1 saturated heterocycles. The predicted octanol–water partition coefficient (Wildman–Crippen LogP) is 2.94.